The number of carbonyl (C=O) groups excluding carboxylic acids is 1. The third-order valence-corrected chi connectivity index (χ3v) is 5.81. The summed E-state index contributed by atoms with van der Waals surface area (Å²) in [5.74, 6) is 1.24. The molecule has 2 aromatic carbocycles. The second kappa shape index (κ2) is 7.95. The van der Waals surface area contributed by atoms with E-state index in [-0.39, 0.29) is 12.7 Å². The zero-order valence-electron chi connectivity index (χ0n) is 15.6. The Morgan fingerprint density at radius 2 is 1.93 bits per heavy atom. The molecule has 8 heteroatoms. The lowest BCUT2D eigenvalue weighted by Gasteiger charge is -2.21. The van der Waals surface area contributed by atoms with Gasteiger partial charge >= 0.3 is 0 Å². The highest BCUT2D eigenvalue weighted by molar-refractivity contribution is 7.22. The van der Waals surface area contributed by atoms with Crippen molar-refractivity contribution in [2.24, 2.45) is 0 Å². The summed E-state index contributed by atoms with van der Waals surface area (Å²) in [5.41, 5.74) is 1.26. The molecule has 0 aliphatic carbocycles. The summed E-state index contributed by atoms with van der Waals surface area (Å²) in [5, 5.41) is 1.08. The number of aromatic nitrogens is 1. The van der Waals surface area contributed by atoms with Gasteiger partial charge in [0, 0.05) is 18.7 Å². The van der Waals surface area contributed by atoms with Crippen LogP contribution in [0.1, 0.15) is 16.8 Å². The number of anilines is 1. The van der Waals surface area contributed by atoms with Gasteiger partial charge in [-0.1, -0.05) is 35.1 Å². The van der Waals surface area contributed by atoms with Crippen LogP contribution in [-0.4, -0.2) is 49.8 Å². The third-order valence-electron chi connectivity index (χ3n) is 4.44. The van der Waals surface area contributed by atoms with Crippen molar-refractivity contribution in [3.63, 3.8) is 0 Å². The Morgan fingerprint density at radius 3 is 2.68 bits per heavy atom. The largest absolute Gasteiger partial charge is 0.454 e. The van der Waals surface area contributed by atoms with E-state index in [1.54, 1.807) is 17.0 Å². The fraction of sp³-hybridized carbons (Fsp3) is 0.300. The molecular formula is C20H20ClN3O3S. The SMILES string of the molecule is CN(C)CCCN(C(=O)c1ccccc1Cl)c1nc2cc3c(cc2s1)OCO3. The fourth-order valence-corrected chi connectivity index (χ4v) is 4.25. The van der Waals surface area contributed by atoms with Crippen molar-refractivity contribution in [2.75, 3.05) is 38.9 Å². The quantitative estimate of drug-likeness (QED) is 0.599. The fourth-order valence-electron chi connectivity index (χ4n) is 3.03. The van der Waals surface area contributed by atoms with Crippen molar-refractivity contribution in [1.82, 2.24) is 9.88 Å². The molecule has 0 bridgehead atoms. The molecule has 1 aliphatic rings. The molecule has 1 aliphatic heterocycles. The van der Waals surface area contributed by atoms with Crippen molar-refractivity contribution in [3.8, 4) is 11.5 Å². The van der Waals surface area contributed by atoms with E-state index in [2.05, 4.69) is 4.90 Å². The maximum atomic E-state index is 13.3. The number of nitrogens with zero attached hydrogens (tertiary/aromatic N) is 3. The molecule has 0 N–H and O–H groups in total. The lowest BCUT2D eigenvalue weighted by Crippen LogP contribution is -2.33. The van der Waals surface area contributed by atoms with Gasteiger partial charge in [-0.3, -0.25) is 9.69 Å². The number of hydrogen-bond donors (Lipinski definition) is 0. The molecule has 0 unspecified atom stereocenters. The Hall–Kier alpha value is -2.35. The van der Waals surface area contributed by atoms with Crippen LogP contribution in [0.15, 0.2) is 36.4 Å². The minimum absolute atomic E-state index is 0.150. The Bertz CT molecular complexity index is 980. The smallest absolute Gasteiger partial charge is 0.261 e. The standard InChI is InChI=1S/C20H20ClN3O3S/c1-23(2)8-5-9-24(19(25)13-6-3-4-7-14(13)21)20-22-15-10-16-17(27-12-26-16)11-18(15)28-20/h3-4,6-7,10-11H,5,8-9,12H2,1-2H3. The predicted octanol–water partition coefficient (Wildman–Crippen LogP) is 4.28. The first-order valence-corrected chi connectivity index (χ1v) is 10.1. The highest BCUT2D eigenvalue weighted by atomic mass is 35.5. The molecule has 0 atom stereocenters. The summed E-state index contributed by atoms with van der Waals surface area (Å²) in [6, 6.07) is 10.9. The zero-order valence-corrected chi connectivity index (χ0v) is 17.2. The molecule has 28 heavy (non-hydrogen) atoms. The average Bonchev–Trinajstić information content (AvgIpc) is 3.28. The number of ether oxygens (including phenoxy) is 2. The lowest BCUT2D eigenvalue weighted by molar-refractivity contribution is 0.0986. The monoisotopic (exact) mass is 417 g/mol. The van der Waals surface area contributed by atoms with Crippen LogP contribution in [0.2, 0.25) is 5.02 Å². The molecule has 1 aromatic heterocycles. The number of fused-ring (bicyclic) bond motifs is 2. The maximum absolute atomic E-state index is 13.3. The van der Waals surface area contributed by atoms with Gasteiger partial charge in [-0.25, -0.2) is 4.98 Å². The molecular weight excluding hydrogens is 398 g/mol. The van der Waals surface area contributed by atoms with Crippen LogP contribution in [-0.2, 0) is 0 Å². The van der Waals surface area contributed by atoms with Crippen LogP contribution in [0.3, 0.4) is 0 Å². The van der Waals surface area contributed by atoms with Crippen molar-refractivity contribution in [2.45, 2.75) is 6.42 Å². The molecule has 0 radical (unpaired) electrons. The van der Waals surface area contributed by atoms with Gasteiger partial charge in [-0.2, -0.15) is 0 Å². The number of benzene rings is 2. The van der Waals surface area contributed by atoms with E-state index < -0.39 is 0 Å². The number of rotatable bonds is 6. The van der Waals surface area contributed by atoms with E-state index in [0.29, 0.717) is 33.8 Å². The molecule has 0 spiro atoms. The predicted molar refractivity (Wildman–Crippen MR) is 112 cm³/mol. The zero-order chi connectivity index (χ0) is 19.7. The molecule has 6 nitrogen and oxygen atoms in total. The van der Waals surface area contributed by atoms with E-state index in [9.17, 15) is 4.79 Å². The first kappa shape index (κ1) is 19.0. The summed E-state index contributed by atoms with van der Waals surface area (Å²) < 4.78 is 11.8. The van der Waals surface area contributed by atoms with Crippen LogP contribution in [0.25, 0.3) is 10.2 Å². The van der Waals surface area contributed by atoms with Crippen molar-refractivity contribution in [3.05, 3.63) is 47.0 Å². The average molecular weight is 418 g/mol. The van der Waals surface area contributed by atoms with E-state index in [4.69, 9.17) is 26.1 Å². The van der Waals surface area contributed by atoms with Gasteiger partial charge < -0.3 is 14.4 Å². The lowest BCUT2D eigenvalue weighted by atomic mass is 10.2. The summed E-state index contributed by atoms with van der Waals surface area (Å²) in [7, 11) is 4.03. The number of thiazole rings is 1. The van der Waals surface area contributed by atoms with Gasteiger partial charge in [-0.05, 0) is 39.2 Å². The van der Waals surface area contributed by atoms with Crippen LogP contribution < -0.4 is 14.4 Å². The summed E-state index contributed by atoms with van der Waals surface area (Å²) in [4.78, 5) is 21.8. The maximum Gasteiger partial charge on any atom is 0.261 e. The number of hydrogen-bond acceptors (Lipinski definition) is 6. The van der Waals surface area contributed by atoms with E-state index >= 15 is 0 Å². The van der Waals surface area contributed by atoms with Gasteiger partial charge in [0.15, 0.2) is 16.6 Å². The minimum atomic E-state index is -0.150. The molecule has 0 fully saturated rings. The van der Waals surface area contributed by atoms with Gasteiger partial charge in [0.25, 0.3) is 5.91 Å². The first-order chi connectivity index (χ1) is 13.5. The Kier molecular flexibility index (Phi) is 5.39. The Balaban J connectivity index is 1.69. The molecule has 3 aromatic rings. The molecule has 0 saturated carbocycles. The highest BCUT2D eigenvalue weighted by Crippen LogP contribution is 2.40. The first-order valence-electron chi connectivity index (χ1n) is 8.94. The Morgan fingerprint density at radius 1 is 1.18 bits per heavy atom. The molecule has 2 heterocycles. The van der Waals surface area contributed by atoms with Gasteiger partial charge in [-0.15, -0.1) is 0 Å². The van der Waals surface area contributed by atoms with Crippen molar-refractivity contribution >= 4 is 44.2 Å². The van der Waals surface area contributed by atoms with Crippen LogP contribution in [0.4, 0.5) is 5.13 Å². The number of amides is 1. The van der Waals surface area contributed by atoms with E-state index in [1.165, 1.54) is 11.3 Å². The van der Waals surface area contributed by atoms with Gasteiger partial charge in [0.1, 0.15) is 0 Å². The minimum Gasteiger partial charge on any atom is -0.454 e. The van der Waals surface area contributed by atoms with E-state index in [0.717, 1.165) is 23.2 Å². The van der Waals surface area contributed by atoms with E-state index in [1.807, 2.05) is 38.4 Å². The summed E-state index contributed by atoms with van der Waals surface area (Å²) >= 11 is 7.74. The van der Waals surface area contributed by atoms with Crippen molar-refractivity contribution < 1.29 is 14.3 Å². The molecule has 146 valence electrons. The normalized spacial score (nSPS) is 12.7. The summed E-state index contributed by atoms with van der Waals surface area (Å²) in [6.07, 6.45) is 0.821. The molecule has 4 rings (SSSR count). The van der Waals surface area contributed by atoms with Crippen LogP contribution >= 0.6 is 22.9 Å². The third kappa shape index (κ3) is 3.78. The van der Waals surface area contributed by atoms with Crippen molar-refractivity contribution in [1.29, 1.82) is 0 Å². The van der Waals surface area contributed by atoms with Gasteiger partial charge in [0.2, 0.25) is 6.79 Å². The molecule has 0 saturated heterocycles. The topological polar surface area (TPSA) is 54.9 Å². The summed E-state index contributed by atoms with van der Waals surface area (Å²) in [6.45, 7) is 1.64. The van der Waals surface area contributed by atoms with Crippen LogP contribution in [0.5, 0.6) is 11.5 Å². The van der Waals surface area contributed by atoms with Gasteiger partial charge in [0.05, 0.1) is 20.8 Å². The highest BCUT2D eigenvalue weighted by Gasteiger charge is 2.24. The Labute approximate surface area is 172 Å². The molecule has 1 amide bonds. The number of carbonyl (C=O) groups is 1. The van der Waals surface area contributed by atoms with Crippen LogP contribution in [0, 0.1) is 0 Å². The second-order valence-electron chi connectivity index (χ2n) is 6.76. The number of halogens is 1. The second-order valence-corrected chi connectivity index (χ2v) is 8.18.